The number of likely N-dealkylation sites (N-methyl/N-ethyl adjacent to an activating group) is 1. The third kappa shape index (κ3) is 5.19. The molecule has 204 valence electrons. The Morgan fingerprint density at radius 1 is 1.15 bits per heavy atom. The Hall–Kier alpha value is -4.32. The topological polar surface area (TPSA) is 175 Å². The van der Waals surface area contributed by atoms with Crippen LogP contribution in [0.5, 0.6) is 0 Å². The first-order valence-electron chi connectivity index (χ1n) is 12.9. The van der Waals surface area contributed by atoms with Crippen LogP contribution >= 0.6 is 0 Å². The average molecular weight is 530 g/mol. The first-order chi connectivity index (χ1) is 18.4. The Kier molecular flexibility index (Phi) is 6.59. The zero-order valence-electron chi connectivity index (χ0n) is 22.9. The Bertz CT molecular complexity index is 1490. The van der Waals surface area contributed by atoms with E-state index in [4.69, 9.17) is 21.9 Å². The van der Waals surface area contributed by atoms with Crippen molar-refractivity contribution in [1.29, 1.82) is 5.41 Å². The summed E-state index contributed by atoms with van der Waals surface area (Å²) in [5.74, 6) is 0.834. The lowest BCUT2D eigenvalue weighted by molar-refractivity contribution is 0.0977. The summed E-state index contributed by atoms with van der Waals surface area (Å²) >= 11 is 0. The average Bonchev–Trinajstić information content (AvgIpc) is 3.44. The number of fused-ring (bicyclic) bond motifs is 3. The number of carbonyl (C=O) groups excluding carboxylic acids is 1. The number of rotatable bonds is 5. The van der Waals surface area contributed by atoms with E-state index in [1.165, 1.54) is 12.4 Å². The maximum Gasteiger partial charge on any atom is 0.256 e. The number of anilines is 4. The van der Waals surface area contributed by atoms with E-state index < -0.39 is 5.91 Å². The van der Waals surface area contributed by atoms with Crippen LogP contribution < -0.4 is 27.0 Å². The predicted octanol–water partition coefficient (Wildman–Crippen LogP) is 2.54. The van der Waals surface area contributed by atoms with Gasteiger partial charge in [-0.15, -0.1) is 0 Å². The van der Waals surface area contributed by atoms with Crippen LogP contribution in [0, 0.1) is 17.7 Å². The number of benzene rings is 1. The van der Waals surface area contributed by atoms with Crippen molar-refractivity contribution in [3.8, 4) is 0 Å². The van der Waals surface area contributed by atoms with Crippen molar-refractivity contribution in [2.45, 2.75) is 46.2 Å². The van der Waals surface area contributed by atoms with Gasteiger partial charge in [0.25, 0.3) is 5.91 Å². The van der Waals surface area contributed by atoms with E-state index in [-0.39, 0.29) is 11.3 Å². The third-order valence-corrected chi connectivity index (χ3v) is 7.44. The molecule has 2 bridgehead atoms. The number of aromatic nitrogens is 4. The zero-order valence-corrected chi connectivity index (χ0v) is 22.9. The molecule has 39 heavy (non-hydrogen) atoms. The van der Waals surface area contributed by atoms with Crippen LogP contribution in [-0.4, -0.2) is 68.8 Å². The number of amides is 1. The van der Waals surface area contributed by atoms with Gasteiger partial charge in [0, 0.05) is 47.5 Å². The molecule has 0 spiro atoms. The van der Waals surface area contributed by atoms with Gasteiger partial charge in [-0.05, 0) is 44.2 Å². The van der Waals surface area contributed by atoms with Crippen LogP contribution in [0.25, 0.3) is 11.0 Å². The van der Waals surface area contributed by atoms with Crippen molar-refractivity contribution in [1.82, 2.24) is 30.2 Å². The minimum atomic E-state index is -0.420. The molecule has 2 aliphatic rings. The smallest absolute Gasteiger partial charge is 0.256 e. The molecule has 2 fully saturated rings. The van der Waals surface area contributed by atoms with Gasteiger partial charge in [0.1, 0.15) is 23.2 Å². The van der Waals surface area contributed by atoms with Gasteiger partial charge in [0.2, 0.25) is 5.95 Å². The van der Waals surface area contributed by atoms with Crippen molar-refractivity contribution >= 4 is 46.0 Å². The van der Waals surface area contributed by atoms with Crippen molar-refractivity contribution in [2.24, 2.45) is 11.1 Å². The van der Waals surface area contributed by atoms with Crippen LogP contribution in [0.3, 0.4) is 0 Å². The highest BCUT2D eigenvalue weighted by Crippen LogP contribution is 2.34. The number of nitrogen functional groups attached to an aromatic ring is 1. The second-order valence-electron chi connectivity index (χ2n) is 11.3. The SMILES string of the molecule is Cc1ccc(C(=O)NC(=N)C=C(N)C(C)(C)C)cc1Nc1ncnc2c(N)nc(N3CC4CC3CN4C)nc12. The van der Waals surface area contributed by atoms with Crippen LogP contribution in [0.1, 0.15) is 43.1 Å². The molecule has 7 N–H and O–H groups in total. The van der Waals surface area contributed by atoms with E-state index >= 15 is 0 Å². The molecular weight excluding hydrogens is 494 g/mol. The molecule has 2 atom stereocenters. The van der Waals surface area contributed by atoms with Gasteiger partial charge in [0.15, 0.2) is 11.6 Å². The summed E-state index contributed by atoms with van der Waals surface area (Å²) in [6.45, 7) is 9.57. The van der Waals surface area contributed by atoms with Crippen molar-refractivity contribution in [2.75, 3.05) is 36.1 Å². The molecular formula is C27H35N11O. The second-order valence-corrected chi connectivity index (χ2v) is 11.3. The van der Waals surface area contributed by atoms with Crippen molar-refractivity contribution < 1.29 is 4.79 Å². The fourth-order valence-corrected chi connectivity index (χ4v) is 4.92. The van der Waals surface area contributed by atoms with E-state index in [0.717, 1.165) is 25.1 Å². The number of nitrogens with zero attached hydrogens (tertiary/aromatic N) is 6. The molecule has 2 aliphatic heterocycles. The van der Waals surface area contributed by atoms with E-state index in [9.17, 15) is 4.79 Å². The normalized spacial score (nSPS) is 19.5. The first-order valence-corrected chi connectivity index (χ1v) is 12.9. The highest BCUT2D eigenvalue weighted by atomic mass is 16.1. The lowest BCUT2D eigenvalue weighted by Gasteiger charge is -2.32. The minimum absolute atomic E-state index is 0.0779. The van der Waals surface area contributed by atoms with Crippen LogP contribution in [-0.2, 0) is 0 Å². The van der Waals surface area contributed by atoms with Crippen LogP contribution in [0.15, 0.2) is 36.3 Å². The number of hydrogen-bond acceptors (Lipinski definition) is 11. The van der Waals surface area contributed by atoms with Gasteiger partial charge >= 0.3 is 0 Å². The van der Waals surface area contributed by atoms with E-state index in [1.807, 2.05) is 33.8 Å². The van der Waals surface area contributed by atoms with E-state index in [1.54, 1.807) is 12.1 Å². The number of hydrogen-bond donors (Lipinski definition) is 5. The predicted molar refractivity (Wildman–Crippen MR) is 153 cm³/mol. The van der Waals surface area contributed by atoms with Crippen molar-refractivity contribution in [3.05, 3.63) is 47.4 Å². The van der Waals surface area contributed by atoms with E-state index in [2.05, 4.69) is 42.4 Å². The van der Waals surface area contributed by atoms with Crippen molar-refractivity contribution in [3.63, 3.8) is 0 Å². The third-order valence-electron chi connectivity index (χ3n) is 7.44. The highest BCUT2D eigenvalue weighted by molar-refractivity contribution is 6.09. The molecule has 2 aromatic heterocycles. The summed E-state index contributed by atoms with van der Waals surface area (Å²) in [6, 6.07) is 6.08. The number of allylic oxidation sites excluding steroid dienone is 1. The maximum absolute atomic E-state index is 12.9. The number of nitrogens with two attached hydrogens (primary N) is 2. The summed E-state index contributed by atoms with van der Waals surface area (Å²) in [4.78, 5) is 35.7. The molecule has 0 aliphatic carbocycles. The second kappa shape index (κ2) is 9.77. The fourth-order valence-electron chi connectivity index (χ4n) is 4.92. The summed E-state index contributed by atoms with van der Waals surface area (Å²) in [5.41, 5.74) is 15.5. The Morgan fingerprint density at radius 2 is 1.92 bits per heavy atom. The number of aryl methyl sites for hydroxylation is 1. The lowest BCUT2D eigenvalue weighted by Crippen LogP contribution is -2.45. The summed E-state index contributed by atoms with van der Waals surface area (Å²) in [6.07, 6.45) is 3.96. The van der Waals surface area contributed by atoms with E-state index in [0.29, 0.717) is 57.6 Å². The van der Waals surface area contributed by atoms with Crippen LogP contribution in [0.2, 0.25) is 0 Å². The molecule has 1 amide bonds. The number of piperazine rings is 1. The number of nitrogens with one attached hydrogen (secondary N) is 3. The zero-order chi connectivity index (χ0) is 28.1. The largest absolute Gasteiger partial charge is 0.401 e. The summed E-state index contributed by atoms with van der Waals surface area (Å²) < 4.78 is 0. The number of carbonyl (C=O) groups is 1. The van der Waals surface area contributed by atoms with Gasteiger partial charge in [-0.1, -0.05) is 26.8 Å². The number of likely N-dealkylation sites (tertiary alicyclic amines) is 1. The molecule has 4 heterocycles. The van der Waals surface area contributed by atoms with Gasteiger partial charge in [0.05, 0.1) is 0 Å². The molecule has 2 unspecified atom stereocenters. The Morgan fingerprint density at radius 3 is 2.59 bits per heavy atom. The lowest BCUT2D eigenvalue weighted by atomic mass is 9.92. The molecule has 12 heteroatoms. The standard InChI is InChI=1S/C27H35N11O/c1-14-6-7-15(25(39)34-20(29)10-19(28)27(2,3)4)8-18(14)33-24-22-21(31-13-32-24)23(30)36-26(35-22)38-12-16-9-17(38)11-37(16)5/h6-8,10,13,16-17H,9,11-12,28H2,1-5H3,(H2,29,34,39)(H2,30,35,36)(H,31,32,33). The molecule has 2 saturated heterocycles. The maximum atomic E-state index is 12.9. The van der Waals surface area contributed by atoms with Crippen LogP contribution in [0.4, 0.5) is 23.3 Å². The minimum Gasteiger partial charge on any atom is -0.401 e. The molecule has 5 rings (SSSR count). The summed E-state index contributed by atoms with van der Waals surface area (Å²) in [7, 11) is 2.14. The monoisotopic (exact) mass is 529 g/mol. The number of amidine groups is 1. The Balaban J connectivity index is 1.41. The summed E-state index contributed by atoms with van der Waals surface area (Å²) in [5, 5.41) is 14.0. The van der Waals surface area contributed by atoms with Gasteiger partial charge in [-0.25, -0.2) is 15.0 Å². The molecule has 0 radical (unpaired) electrons. The molecule has 1 aromatic carbocycles. The fraction of sp³-hybridized carbons (Fsp3) is 0.407. The quantitative estimate of drug-likeness (QED) is 0.244. The molecule has 12 nitrogen and oxygen atoms in total. The van der Waals surface area contributed by atoms with Gasteiger partial charge in [-0.2, -0.15) is 4.98 Å². The highest BCUT2D eigenvalue weighted by Gasteiger charge is 2.42. The Labute approximate surface area is 227 Å². The molecule has 0 saturated carbocycles. The van der Waals surface area contributed by atoms with Gasteiger partial charge < -0.3 is 27.0 Å². The first kappa shape index (κ1) is 26.3. The molecule has 3 aromatic rings. The van der Waals surface area contributed by atoms with Gasteiger partial charge in [-0.3, -0.25) is 15.1 Å².